The third-order valence-corrected chi connectivity index (χ3v) is 7.42. The van der Waals surface area contributed by atoms with Gasteiger partial charge in [0.15, 0.2) is 5.69 Å². The first kappa shape index (κ1) is 26.4. The van der Waals surface area contributed by atoms with Crippen LogP contribution in [0.4, 0.5) is 0 Å². The lowest BCUT2D eigenvalue weighted by molar-refractivity contribution is -0.127. The molecule has 196 valence electrons. The Morgan fingerprint density at radius 2 is 1.89 bits per heavy atom. The van der Waals surface area contributed by atoms with Crippen molar-refractivity contribution >= 4 is 11.8 Å². The van der Waals surface area contributed by atoms with Gasteiger partial charge in [-0.1, -0.05) is 57.1 Å². The van der Waals surface area contributed by atoms with Gasteiger partial charge in [-0.2, -0.15) is 0 Å². The summed E-state index contributed by atoms with van der Waals surface area (Å²) in [5, 5.41) is 7.30. The molecule has 1 aromatic heterocycles. The zero-order valence-corrected chi connectivity index (χ0v) is 22.1. The van der Waals surface area contributed by atoms with Gasteiger partial charge in [0.2, 0.25) is 5.91 Å². The summed E-state index contributed by atoms with van der Waals surface area (Å²) in [6.07, 6.45) is 1.98. The van der Waals surface area contributed by atoms with Crippen LogP contribution in [0.25, 0.3) is 0 Å². The number of rotatable bonds is 9. The van der Waals surface area contributed by atoms with Gasteiger partial charge in [-0.05, 0) is 29.9 Å². The summed E-state index contributed by atoms with van der Waals surface area (Å²) in [4.78, 5) is 27.8. The van der Waals surface area contributed by atoms with Gasteiger partial charge in [0.1, 0.15) is 5.76 Å². The van der Waals surface area contributed by atoms with Gasteiger partial charge < -0.3 is 24.2 Å². The number of likely N-dealkylation sites (tertiary alicyclic amines) is 1. The molecule has 8 heteroatoms. The van der Waals surface area contributed by atoms with Gasteiger partial charge >= 0.3 is 0 Å². The van der Waals surface area contributed by atoms with Gasteiger partial charge in [0.05, 0.1) is 25.4 Å². The maximum atomic E-state index is 13.2. The summed E-state index contributed by atoms with van der Waals surface area (Å²) >= 11 is 0. The predicted molar refractivity (Wildman–Crippen MR) is 136 cm³/mol. The van der Waals surface area contributed by atoms with Crippen molar-refractivity contribution < 1.29 is 23.6 Å². The molecule has 1 fully saturated rings. The van der Waals surface area contributed by atoms with Crippen LogP contribution in [0.2, 0.25) is 0 Å². The molecule has 2 aromatic rings. The normalized spacial score (nSPS) is 20.8. The fourth-order valence-electron chi connectivity index (χ4n) is 5.58. The van der Waals surface area contributed by atoms with E-state index >= 15 is 0 Å². The highest BCUT2D eigenvalue weighted by Crippen LogP contribution is 2.52. The van der Waals surface area contributed by atoms with Gasteiger partial charge in [-0.25, -0.2) is 0 Å². The van der Waals surface area contributed by atoms with Crippen LogP contribution >= 0.6 is 0 Å². The molecule has 2 aliphatic rings. The molecule has 1 spiro atoms. The van der Waals surface area contributed by atoms with Crippen molar-refractivity contribution in [1.82, 2.24) is 15.4 Å². The summed E-state index contributed by atoms with van der Waals surface area (Å²) in [6, 6.07) is 9.82. The highest BCUT2D eigenvalue weighted by atomic mass is 16.5. The quantitative estimate of drug-likeness (QED) is 0.528. The molecule has 4 rings (SSSR count). The van der Waals surface area contributed by atoms with E-state index in [4.69, 9.17) is 14.0 Å². The fraction of sp³-hybridized carbons (Fsp3) is 0.607. The van der Waals surface area contributed by atoms with Crippen LogP contribution in [0.5, 0.6) is 0 Å². The van der Waals surface area contributed by atoms with E-state index in [1.807, 2.05) is 30.9 Å². The Hall–Kier alpha value is -2.71. The highest BCUT2D eigenvalue weighted by Gasteiger charge is 2.54. The van der Waals surface area contributed by atoms with E-state index in [2.05, 4.69) is 36.5 Å². The number of nitrogens with one attached hydrogen (secondary N) is 1. The topological polar surface area (TPSA) is 93.9 Å². The molecule has 2 atom stereocenters. The minimum atomic E-state index is -0.303. The lowest BCUT2D eigenvalue weighted by atomic mass is 9.71. The summed E-state index contributed by atoms with van der Waals surface area (Å²) in [7, 11) is 1.65. The fourth-order valence-corrected chi connectivity index (χ4v) is 5.58. The Bertz CT molecular complexity index is 1050. The smallest absolute Gasteiger partial charge is 0.276 e. The predicted octanol–water partition coefficient (Wildman–Crippen LogP) is 3.91. The Morgan fingerprint density at radius 1 is 1.17 bits per heavy atom. The van der Waals surface area contributed by atoms with Crippen molar-refractivity contribution in [3.05, 3.63) is 52.9 Å². The first-order valence-corrected chi connectivity index (χ1v) is 13.0. The molecule has 0 bridgehead atoms. The van der Waals surface area contributed by atoms with E-state index in [-0.39, 0.29) is 35.3 Å². The molecule has 0 unspecified atom stereocenters. The molecule has 0 radical (unpaired) electrons. The maximum Gasteiger partial charge on any atom is 0.276 e. The second kappa shape index (κ2) is 11.1. The number of hydrogen-bond donors (Lipinski definition) is 1. The largest absolute Gasteiger partial charge is 0.382 e. The minimum Gasteiger partial charge on any atom is -0.382 e. The van der Waals surface area contributed by atoms with Crippen LogP contribution < -0.4 is 5.32 Å². The van der Waals surface area contributed by atoms with E-state index in [1.165, 1.54) is 5.56 Å². The van der Waals surface area contributed by atoms with Gasteiger partial charge in [0.25, 0.3) is 5.91 Å². The minimum absolute atomic E-state index is 0.00282. The third-order valence-electron chi connectivity index (χ3n) is 7.42. The average Bonchev–Trinajstić information content (AvgIpc) is 3.41. The van der Waals surface area contributed by atoms with Crippen molar-refractivity contribution in [1.29, 1.82) is 0 Å². The van der Waals surface area contributed by atoms with E-state index in [0.29, 0.717) is 37.9 Å². The molecule has 0 saturated carbocycles. The molecule has 1 aromatic carbocycles. The molecule has 2 amide bonds. The number of carbonyl (C=O) groups excluding carboxylic acids is 2. The molecule has 2 heterocycles. The zero-order valence-electron chi connectivity index (χ0n) is 22.1. The summed E-state index contributed by atoms with van der Waals surface area (Å²) in [5.41, 5.74) is 2.36. The van der Waals surface area contributed by atoms with Crippen LogP contribution in [-0.2, 0) is 26.1 Å². The molecule has 1 aliphatic carbocycles. The molecular weight excluding hydrogens is 458 g/mol. The molecule has 1 aliphatic heterocycles. The van der Waals surface area contributed by atoms with Crippen LogP contribution in [0, 0.1) is 11.8 Å². The number of piperidine rings is 1. The van der Waals surface area contributed by atoms with Crippen LogP contribution in [0.3, 0.4) is 0 Å². The summed E-state index contributed by atoms with van der Waals surface area (Å²) < 4.78 is 17.1. The summed E-state index contributed by atoms with van der Waals surface area (Å²) in [5.74, 6) is 0.939. The average molecular weight is 498 g/mol. The monoisotopic (exact) mass is 497 g/mol. The SMILES string of the molecule is COCCO[C@@H]1[C@@H](NC(=O)C(C)C)c2ccccc2C12CCN(C(=O)c1cc(CC(C)C)on1)CC2. The van der Waals surface area contributed by atoms with E-state index in [0.717, 1.165) is 30.6 Å². The van der Waals surface area contributed by atoms with Gasteiger partial charge in [0, 0.05) is 44.0 Å². The number of benzene rings is 1. The van der Waals surface area contributed by atoms with E-state index in [9.17, 15) is 9.59 Å². The third kappa shape index (κ3) is 5.20. The second-order valence-electron chi connectivity index (χ2n) is 10.7. The van der Waals surface area contributed by atoms with Crippen molar-refractivity contribution in [2.24, 2.45) is 11.8 Å². The summed E-state index contributed by atoms with van der Waals surface area (Å²) in [6.45, 7) is 10.1. The number of nitrogens with zero attached hydrogens (tertiary/aromatic N) is 2. The van der Waals surface area contributed by atoms with E-state index < -0.39 is 0 Å². The lowest BCUT2D eigenvalue weighted by Crippen LogP contribution is -2.52. The number of aromatic nitrogens is 1. The van der Waals surface area contributed by atoms with Crippen molar-refractivity contribution in [2.45, 2.75) is 64.5 Å². The van der Waals surface area contributed by atoms with Crippen molar-refractivity contribution in [3.63, 3.8) is 0 Å². The standard InChI is InChI=1S/C28H39N3O5/c1-18(2)16-20-17-23(30-36-20)27(33)31-12-10-28(11-13-31)22-9-7-6-8-21(22)24(29-26(32)19(3)4)25(28)35-15-14-34-5/h6-9,17-19,24-25H,10-16H2,1-5H3,(H,29,32)/t24-,25+/m0/s1. The Balaban J connectivity index is 1.57. The van der Waals surface area contributed by atoms with Crippen molar-refractivity contribution in [2.75, 3.05) is 33.4 Å². The van der Waals surface area contributed by atoms with Crippen LogP contribution in [0.1, 0.15) is 74.0 Å². The van der Waals surface area contributed by atoms with Crippen molar-refractivity contribution in [3.8, 4) is 0 Å². The molecule has 36 heavy (non-hydrogen) atoms. The number of ether oxygens (including phenoxy) is 2. The van der Waals surface area contributed by atoms with Crippen LogP contribution in [-0.4, -0.2) is 61.4 Å². The lowest BCUT2D eigenvalue weighted by Gasteiger charge is -2.44. The van der Waals surface area contributed by atoms with E-state index in [1.54, 1.807) is 13.2 Å². The number of methoxy groups -OCH3 is 1. The van der Waals surface area contributed by atoms with Gasteiger partial charge in [-0.3, -0.25) is 9.59 Å². The zero-order chi connectivity index (χ0) is 25.9. The highest BCUT2D eigenvalue weighted by molar-refractivity contribution is 5.92. The molecule has 1 N–H and O–H groups in total. The number of amides is 2. The maximum absolute atomic E-state index is 13.2. The van der Waals surface area contributed by atoms with Gasteiger partial charge in [-0.15, -0.1) is 0 Å². The Kier molecular flexibility index (Phi) is 8.15. The number of hydrogen-bond acceptors (Lipinski definition) is 6. The molecule has 1 saturated heterocycles. The first-order valence-electron chi connectivity index (χ1n) is 13.0. The second-order valence-corrected chi connectivity index (χ2v) is 10.7. The number of fused-ring (bicyclic) bond motifs is 2. The first-order chi connectivity index (χ1) is 17.3. The Morgan fingerprint density at radius 3 is 2.56 bits per heavy atom. The number of carbonyl (C=O) groups is 2. The molecular formula is C28H39N3O5. The Labute approximate surface area is 213 Å². The molecule has 8 nitrogen and oxygen atoms in total. The van der Waals surface area contributed by atoms with Crippen LogP contribution in [0.15, 0.2) is 34.9 Å².